The van der Waals surface area contributed by atoms with Crippen LogP contribution in [0.15, 0.2) is 30.3 Å². The first-order chi connectivity index (χ1) is 8.40. The number of nitrogens with one attached hydrogen (secondary N) is 1. The Labute approximate surface area is 113 Å². The molecule has 2 unspecified atom stereocenters. The Morgan fingerprint density at radius 1 is 1.29 bits per heavy atom. The van der Waals surface area contributed by atoms with Gasteiger partial charge < -0.3 is 5.32 Å². The van der Waals surface area contributed by atoms with E-state index in [0.29, 0.717) is 6.04 Å². The average molecular weight is 267 g/mol. The summed E-state index contributed by atoms with van der Waals surface area (Å²) in [6.45, 7) is 3.40. The van der Waals surface area contributed by atoms with Gasteiger partial charge in [0.05, 0.1) is 0 Å². The molecule has 0 amide bonds. The Balaban J connectivity index is 1.83. The van der Waals surface area contributed by atoms with E-state index in [1.165, 1.54) is 22.8 Å². The summed E-state index contributed by atoms with van der Waals surface area (Å²) in [5, 5.41) is 4.52. The average Bonchev–Trinajstić information content (AvgIpc) is 2.42. The molecular formula is C14H21NS2. The van der Waals surface area contributed by atoms with Crippen LogP contribution in [0.2, 0.25) is 0 Å². The van der Waals surface area contributed by atoms with E-state index >= 15 is 0 Å². The normalized spacial score (nSPS) is 22.3. The topological polar surface area (TPSA) is 12.0 Å². The zero-order chi connectivity index (χ0) is 11.9. The van der Waals surface area contributed by atoms with Crippen LogP contribution >= 0.6 is 23.5 Å². The Morgan fingerprint density at radius 2 is 2.12 bits per heavy atom. The monoisotopic (exact) mass is 267 g/mol. The van der Waals surface area contributed by atoms with Crippen LogP contribution in [0.25, 0.3) is 0 Å². The molecule has 1 N–H and O–H groups in total. The van der Waals surface area contributed by atoms with Crippen molar-refractivity contribution in [1.29, 1.82) is 0 Å². The van der Waals surface area contributed by atoms with Crippen molar-refractivity contribution in [2.45, 2.75) is 24.6 Å². The van der Waals surface area contributed by atoms with Crippen LogP contribution in [0.4, 0.5) is 0 Å². The van der Waals surface area contributed by atoms with Gasteiger partial charge in [0.15, 0.2) is 0 Å². The van der Waals surface area contributed by atoms with Gasteiger partial charge in [-0.2, -0.15) is 23.5 Å². The van der Waals surface area contributed by atoms with Crippen molar-refractivity contribution in [3.05, 3.63) is 35.9 Å². The number of thioether (sulfide) groups is 2. The fourth-order valence-electron chi connectivity index (χ4n) is 2.11. The summed E-state index contributed by atoms with van der Waals surface area (Å²) in [6, 6.07) is 11.3. The van der Waals surface area contributed by atoms with Crippen LogP contribution in [0.1, 0.15) is 24.9 Å². The molecule has 2 atom stereocenters. The molecule has 1 fully saturated rings. The first-order valence-electron chi connectivity index (χ1n) is 6.38. The second-order valence-corrected chi connectivity index (χ2v) is 6.91. The largest absolute Gasteiger partial charge is 0.309 e. The summed E-state index contributed by atoms with van der Waals surface area (Å²) < 4.78 is 0. The minimum absolute atomic E-state index is 0.517. The van der Waals surface area contributed by atoms with Gasteiger partial charge in [-0.3, -0.25) is 0 Å². The van der Waals surface area contributed by atoms with Crippen LogP contribution in [-0.2, 0) is 0 Å². The predicted octanol–water partition coefficient (Wildman–Crippen LogP) is 3.58. The summed E-state index contributed by atoms with van der Waals surface area (Å²) >= 11 is 4.22. The molecular weight excluding hydrogens is 246 g/mol. The number of hydrogen-bond donors (Lipinski definition) is 1. The van der Waals surface area contributed by atoms with Crippen molar-refractivity contribution in [3.8, 4) is 0 Å². The summed E-state index contributed by atoms with van der Waals surface area (Å²) in [5.74, 6) is 3.96. The Hall–Kier alpha value is -0.120. The first-order valence-corrected chi connectivity index (χ1v) is 8.58. The van der Waals surface area contributed by atoms with E-state index in [1.54, 1.807) is 0 Å². The first kappa shape index (κ1) is 13.3. The minimum Gasteiger partial charge on any atom is -0.309 e. The highest BCUT2D eigenvalue weighted by atomic mass is 32.2. The van der Waals surface area contributed by atoms with Gasteiger partial charge in [-0.25, -0.2) is 0 Å². The van der Waals surface area contributed by atoms with Crippen LogP contribution in [0.3, 0.4) is 0 Å². The summed E-state index contributed by atoms with van der Waals surface area (Å²) in [5.41, 5.74) is 1.42. The molecule has 1 heterocycles. The van der Waals surface area contributed by atoms with E-state index < -0.39 is 0 Å². The second-order valence-electron chi connectivity index (χ2n) is 4.35. The van der Waals surface area contributed by atoms with E-state index in [1.807, 2.05) is 0 Å². The van der Waals surface area contributed by atoms with Crippen molar-refractivity contribution in [2.75, 3.05) is 23.8 Å². The summed E-state index contributed by atoms with van der Waals surface area (Å²) in [4.78, 5) is 0. The molecule has 17 heavy (non-hydrogen) atoms. The highest BCUT2D eigenvalue weighted by Crippen LogP contribution is 2.24. The standard InChI is InChI=1S/C14H21NS2/c1-2-14(12-6-4-3-5-7-12)15-10-13-11-16-8-9-17-13/h3-7,13-15H,2,8-11H2,1H3. The lowest BCUT2D eigenvalue weighted by molar-refractivity contribution is 0.523. The van der Waals surface area contributed by atoms with Crippen LogP contribution < -0.4 is 5.32 Å². The van der Waals surface area contributed by atoms with Crippen LogP contribution in [0, 0.1) is 0 Å². The molecule has 3 heteroatoms. The molecule has 2 rings (SSSR count). The Kier molecular flexibility index (Phi) is 5.75. The van der Waals surface area contributed by atoms with E-state index in [9.17, 15) is 0 Å². The molecule has 0 spiro atoms. The molecule has 0 saturated carbocycles. The van der Waals surface area contributed by atoms with Crippen LogP contribution in [0.5, 0.6) is 0 Å². The summed E-state index contributed by atoms with van der Waals surface area (Å²) in [7, 11) is 0. The van der Waals surface area contributed by atoms with Crippen molar-refractivity contribution < 1.29 is 0 Å². The molecule has 1 aliphatic heterocycles. The Morgan fingerprint density at radius 3 is 2.76 bits per heavy atom. The van der Waals surface area contributed by atoms with Crippen molar-refractivity contribution in [2.24, 2.45) is 0 Å². The zero-order valence-electron chi connectivity index (χ0n) is 10.4. The predicted molar refractivity (Wildman–Crippen MR) is 81.0 cm³/mol. The van der Waals surface area contributed by atoms with E-state index in [-0.39, 0.29) is 0 Å². The van der Waals surface area contributed by atoms with Crippen molar-refractivity contribution in [1.82, 2.24) is 5.32 Å². The van der Waals surface area contributed by atoms with Gasteiger partial charge in [-0.15, -0.1) is 0 Å². The molecule has 0 bridgehead atoms. The van der Waals surface area contributed by atoms with Gasteiger partial charge >= 0.3 is 0 Å². The third-order valence-corrected chi connectivity index (χ3v) is 5.93. The van der Waals surface area contributed by atoms with Crippen molar-refractivity contribution in [3.63, 3.8) is 0 Å². The lowest BCUT2D eigenvalue weighted by Crippen LogP contribution is -2.31. The maximum atomic E-state index is 3.72. The number of hydrogen-bond acceptors (Lipinski definition) is 3. The highest BCUT2D eigenvalue weighted by molar-refractivity contribution is 8.06. The molecule has 94 valence electrons. The lowest BCUT2D eigenvalue weighted by Gasteiger charge is -2.24. The quantitative estimate of drug-likeness (QED) is 0.876. The van der Waals surface area contributed by atoms with Gasteiger partial charge in [0.1, 0.15) is 0 Å². The minimum atomic E-state index is 0.517. The van der Waals surface area contributed by atoms with Crippen molar-refractivity contribution >= 4 is 23.5 Å². The molecule has 1 aliphatic rings. The summed E-state index contributed by atoms with van der Waals surface area (Å²) in [6.07, 6.45) is 1.16. The Bertz CT molecular complexity index is 309. The van der Waals surface area contributed by atoms with E-state index in [4.69, 9.17) is 0 Å². The second kappa shape index (κ2) is 7.34. The fraction of sp³-hybridized carbons (Fsp3) is 0.571. The fourth-order valence-corrected chi connectivity index (χ4v) is 4.74. The zero-order valence-corrected chi connectivity index (χ0v) is 12.0. The third kappa shape index (κ3) is 4.23. The maximum absolute atomic E-state index is 3.72. The molecule has 1 aromatic carbocycles. The van der Waals surface area contributed by atoms with Crippen LogP contribution in [-0.4, -0.2) is 29.1 Å². The third-order valence-electron chi connectivity index (χ3n) is 3.09. The SMILES string of the molecule is CCC(NCC1CSCCS1)c1ccccc1. The van der Waals surface area contributed by atoms with Gasteiger partial charge in [0.2, 0.25) is 0 Å². The van der Waals surface area contributed by atoms with Gasteiger partial charge in [-0.1, -0.05) is 37.3 Å². The van der Waals surface area contributed by atoms with Gasteiger partial charge in [-0.05, 0) is 12.0 Å². The van der Waals surface area contributed by atoms with Gasteiger partial charge in [0, 0.05) is 35.1 Å². The molecule has 0 aliphatic carbocycles. The van der Waals surface area contributed by atoms with E-state index in [0.717, 1.165) is 18.2 Å². The van der Waals surface area contributed by atoms with E-state index in [2.05, 4.69) is 66.1 Å². The molecule has 0 aromatic heterocycles. The number of benzene rings is 1. The highest BCUT2D eigenvalue weighted by Gasteiger charge is 2.16. The molecule has 1 aromatic rings. The van der Waals surface area contributed by atoms with Gasteiger partial charge in [0.25, 0.3) is 0 Å². The smallest absolute Gasteiger partial charge is 0.0318 e. The molecule has 1 saturated heterocycles. The maximum Gasteiger partial charge on any atom is 0.0318 e. The molecule has 0 radical (unpaired) electrons. The molecule has 1 nitrogen and oxygen atoms in total. The lowest BCUT2D eigenvalue weighted by atomic mass is 10.0. The number of rotatable bonds is 5.